The molecule has 4 nitrogen and oxygen atoms in total. The van der Waals surface area contributed by atoms with Gasteiger partial charge in [0.15, 0.2) is 0 Å². The molecular weight excluding hydrogens is 276 g/mol. The van der Waals surface area contributed by atoms with Crippen LogP contribution >= 0.6 is 0 Å². The van der Waals surface area contributed by atoms with E-state index in [9.17, 15) is 4.79 Å². The minimum atomic E-state index is -0.436. The molecule has 4 aliphatic rings. The number of rotatable bonds is 1. The number of amides is 1. The van der Waals surface area contributed by atoms with Crippen molar-refractivity contribution in [3.8, 4) is 0 Å². The number of carbonyl (C=O) groups excluding carboxylic acids is 1. The summed E-state index contributed by atoms with van der Waals surface area (Å²) in [6.45, 7) is 13.0. The van der Waals surface area contributed by atoms with Crippen molar-refractivity contribution in [1.82, 2.24) is 10.2 Å². The number of nitrogens with one attached hydrogen (secondary N) is 1. The number of hydrogen-bond acceptors (Lipinski definition) is 3. The Labute approximate surface area is 134 Å². The first-order valence-corrected chi connectivity index (χ1v) is 8.60. The van der Waals surface area contributed by atoms with Gasteiger partial charge in [0, 0.05) is 19.6 Å². The molecule has 0 aromatic carbocycles. The summed E-state index contributed by atoms with van der Waals surface area (Å²) in [7, 11) is 0. The molecule has 0 radical (unpaired) electrons. The number of hydrogen-bond donors (Lipinski definition) is 1. The Kier molecular flexibility index (Phi) is 3.79. The van der Waals surface area contributed by atoms with E-state index in [0.717, 1.165) is 32.0 Å². The number of piperazine rings is 1. The van der Waals surface area contributed by atoms with Crippen molar-refractivity contribution in [2.24, 2.45) is 17.3 Å². The van der Waals surface area contributed by atoms with Crippen LogP contribution in [0.4, 0.5) is 4.79 Å². The second-order valence-electron chi connectivity index (χ2n) is 8.64. The molecular formula is C18H30N2O2. The molecule has 2 bridgehead atoms. The Morgan fingerprint density at radius 3 is 2.73 bits per heavy atom. The first-order chi connectivity index (χ1) is 10.2. The van der Waals surface area contributed by atoms with Crippen molar-refractivity contribution in [1.29, 1.82) is 0 Å². The molecule has 3 unspecified atom stereocenters. The summed E-state index contributed by atoms with van der Waals surface area (Å²) in [4.78, 5) is 14.5. The van der Waals surface area contributed by atoms with Crippen molar-refractivity contribution >= 4 is 6.09 Å². The molecule has 1 saturated heterocycles. The van der Waals surface area contributed by atoms with Crippen LogP contribution in [0.3, 0.4) is 0 Å². The zero-order chi connectivity index (χ0) is 16.1. The van der Waals surface area contributed by atoms with Gasteiger partial charge in [0.2, 0.25) is 0 Å². The molecule has 1 aliphatic heterocycles. The maximum absolute atomic E-state index is 12.6. The molecule has 124 valence electrons. The van der Waals surface area contributed by atoms with Crippen molar-refractivity contribution in [2.45, 2.75) is 59.1 Å². The van der Waals surface area contributed by atoms with Crippen molar-refractivity contribution in [3.05, 3.63) is 11.6 Å². The van der Waals surface area contributed by atoms with Gasteiger partial charge in [-0.1, -0.05) is 19.9 Å². The van der Waals surface area contributed by atoms with E-state index < -0.39 is 5.60 Å². The lowest BCUT2D eigenvalue weighted by atomic mass is 9.48. The predicted molar refractivity (Wildman–Crippen MR) is 87.7 cm³/mol. The predicted octanol–water partition coefficient (Wildman–Crippen LogP) is 3.19. The van der Waals surface area contributed by atoms with Crippen LogP contribution in [0.1, 0.15) is 47.5 Å². The fourth-order valence-electron chi connectivity index (χ4n) is 4.31. The lowest BCUT2D eigenvalue weighted by Crippen LogP contribution is -2.59. The average molecular weight is 306 g/mol. The van der Waals surface area contributed by atoms with Crippen molar-refractivity contribution in [3.63, 3.8) is 0 Å². The Morgan fingerprint density at radius 2 is 2.14 bits per heavy atom. The lowest BCUT2D eigenvalue weighted by molar-refractivity contribution is -0.0239. The smallest absolute Gasteiger partial charge is 0.410 e. The third-order valence-electron chi connectivity index (χ3n) is 5.77. The second kappa shape index (κ2) is 5.26. The van der Waals surface area contributed by atoms with Gasteiger partial charge < -0.3 is 10.1 Å². The zero-order valence-electron chi connectivity index (χ0n) is 14.6. The first kappa shape index (κ1) is 15.9. The van der Waals surface area contributed by atoms with Gasteiger partial charge in [-0.3, -0.25) is 4.90 Å². The molecule has 0 spiro atoms. The van der Waals surface area contributed by atoms with Gasteiger partial charge in [0.25, 0.3) is 0 Å². The van der Waals surface area contributed by atoms with Crippen LogP contribution in [0.25, 0.3) is 0 Å². The van der Waals surface area contributed by atoms with Crippen molar-refractivity contribution < 1.29 is 9.53 Å². The number of allylic oxidation sites excluding steroid dienone is 1. The van der Waals surface area contributed by atoms with E-state index in [1.165, 1.54) is 12.0 Å². The topological polar surface area (TPSA) is 41.6 Å². The molecule has 22 heavy (non-hydrogen) atoms. The van der Waals surface area contributed by atoms with E-state index in [1.807, 2.05) is 25.7 Å². The molecule has 1 heterocycles. The van der Waals surface area contributed by atoms with Gasteiger partial charge in [-0.25, -0.2) is 4.79 Å². The fourth-order valence-corrected chi connectivity index (χ4v) is 4.31. The summed E-state index contributed by atoms with van der Waals surface area (Å²) in [5.41, 5.74) is 1.42. The summed E-state index contributed by atoms with van der Waals surface area (Å²) in [5, 5.41) is 3.45. The summed E-state index contributed by atoms with van der Waals surface area (Å²) in [6, 6.07) is 0.161. The van der Waals surface area contributed by atoms with Gasteiger partial charge in [-0.05, 0) is 56.4 Å². The van der Waals surface area contributed by atoms with E-state index in [0.29, 0.717) is 11.3 Å². The van der Waals surface area contributed by atoms with Gasteiger partial charge in [-0.2, -0.15) is 0 Å². The summed E-state index contributed by atoms with van der Waals surface area (Å²) < 4.78 is 5.63. The van der Waals surface area contributed by atoms with E-state index in [-0.39, 0.29) is 12.1 Å². The van der Waals surface area contributed by atoms with Gasteiger partial charge in [-0.15, -0.1) is 0 Å². The molecule has 4 heteroatoms. The molecule has 1 amide bonds. The lowest BCUT2D eigenvalue weighted by Gasteiger charge is -2.58. The summed E-state index contributed by atoms with van der Waals surface area (Å²) in [5.74, 6) is 1.45. The first-order valence-electron chi connectivity index (χ1n) is 8.60. The Bertz CT molecular complexity index is 490. The van der Waals surface area contributed by atoms with E-state index in [4.69, 9.17) is 4.74 Å². The van der Waals surface area contributed by atoms with Crippen LogP contribution < -0.4 is 5.32 Å². The maximum atomic E-state index is 12.6. The third-order valence-corrected chi connectivity index (χ3v) is 5.77. The minimum absolute atomic E-state index is 0.161. The van der Waals surface area contributed by atoms with Crippen LogP contribution in [0, 0.1) is 17.3 Å². The molecule has 3 atom stereocenters. The van der Waals surface area contributed by atoms with Crippen LogP contribution in [0.5, 0.6) is 0 Å². The number of nitrogens with zero attached hydrogens (tertiary/aromatic N) is 1. The van der Waals surface area contributed by atoms with E-state index in [2.05, 4.69) is 25.2 Å². The van der Waals surface area contributed by atoms with Gasteiger partial charge in [0.1, 0.15) is 5.60 Å². The number of ether oxygens (including phenoxy) is 1. The summed E-state index contributed by atoms with van der Waals surface area (Å²) >= 11 is 0. The highest BCUT2D eigenvalue weighted by Crippen LogP contribution is 2.60. The molecule has 3 aliphatic carbocycles. The van der Waals surface area contributed by atoms with Gasteiger partial charge in [0.05, 0.1) is 6.04 Å². The van der Waals surface area contributed by atoms with Crippen LogP contribution in [0.2, 0.25) is 0 Å². The monoisotopic (exact) mass is 306 g/mol. The maximum Gasteiger partial charge on any atom is 0.410 e. The van der Waals surface area contributed by atoms with Crippen LogP contribution in [-0.4, -0.2) is 42.3 Å². The Morgan fingerprint density at radius 1 is 1.41 bits per heavy atom. The average Bonchev–Trinajstić information content (AvgIpc) is 2.45. The molecule has 4 rings (SSSR count). The fraction of sp³-hybridized carbons (Fsp3) is 0.833. The highest BCUT2D eigenvalue weighted by atomic mass is 16.6. The van der Waals surface area contributed by atoms with E-state index >= 15 is 0 Å². The molecule has 0 aromatic heterocycles. The quantitative estimate of drug-likeness (QED) is 0.757. The van der Waals surface area contributed by atoms with E-state index in [1.54, 1.807) is 0 Å². The molecule has 1 saturated carbocycles. The zero-order valence-corrected chi connectivity index (χ0v) is 14.6. The molecule has 1 N–H and O–H groups in total. The largest absolute Gasteiger partial charge is 0.444 e. The Hall–Kier alpha value is -1.03. The minimum Gasteiger partial charge on any atom is -0.444 e. The van der Waals surface area contributed by atoms with Crippen LogP contribution in [-0.2, 0) is 4.74 Å². The highest BCUT2D eigenvalue weighted by Gasteiger charge is 2.53. The third kappa shape index (κ3) is 2.66. The van der Waals surface area contributed by atoms with Crippen molar-refractivity contribution in [2.75, 3.05) is 19.6 Å². The SMILES string of the molecule is CC(C)(C)OC(=O)N1CCNCC1C1=CCC2CC1C2(C)C. The standard InChI is InChI=1S/C18H30N2O2/c1-17(2,3)22-16(21)20-9-8-19-11-15(20)13-7-6-12-10-14(13)18(12,4)5/h7,12,14-15,19H,6,8-11H2,1-5H3. The Balaban J connectivity index is 1.79. The number of carbonyl (C=O) groups is 1. The second-order valence-corrected chi connectivity index (χ2v) is 8.64. The number of fused-ring (bicyclic) bond motifs is 1. The molecule has 2 fully saturated rings. The van der Waals surface area contributed by atoms with Gasteiger partial charge >= 0.3 is 6.09 Å². The normalized spacial score (nSPS) is 33.8. The van der Waals surface area contributed by atoms with Crippen LogP contribution in [0.15, 0.2) is 11.6 Å². The summed E-state index contributed by atoms with van der Waals surface area (Å²) in [6.07, 6.45) is 4.69. The molecule has 0 aromatic rings. The highest BCUT2D eigenvalue weighted by molar-refractivity contribution is 5.69.